The summed E-state index contributed by atoms with van der Waals surface area (Å²) in [4.78, 5) is 11.7. The Morgan fingerprint density at radius 3 is 2.43 bits per heavy atom. The number of aryl methyl sites for hydroxylation is 1. The molecule has 0 aliphatic rings. The Hall–Kier alpha value is -2.98. The van der Waals surface area contributed by atoms with E-state index in [0.717, 1.165) is 16.9 Å². The number of anilines is 1. The van der Waals surface area contributed by atoms with Gasteiger partial charge in [0.1, 0.15) is 10.8 Å². The highest BCUT2D eigenvalue weighted by molar-refractivity contribution is 7.93. The van der Waals surface area contributed by atoms with E-state index < -0.39 is 16.0 Å². The molecule has 2 aromatic carbocycles. The van der Waals surface area contributed by atoms with E-state index in [-0.39, 0.29) is 15.6 Å². The number of methoxy groups -OCH3 is 2. The van der Waals surface area contributed by atoms with Crippen molar-refractivity contribution in [2.24, 2.45) is 0 Å². The number of aromatic nitrogens is 2. The van der Waals surface area contributed by atoms with Crippen molar-refractivity contribution < 1.29 is 22.7 Å². The highest BCUT2D eigenvalue weighted by atomic mass is 32.2. The van der Waals surface area contributed by atoms with Crippen molar-refractivity contribution in [3.63, 3.8) is 0 Å². The van der Waals surface area contributed by atoms with E-state index in [4.69, 9.17) is 4.74 Å². The standard InChI is InChI=1S/C18H17N3O5S2/c1-11-4-5-13(17(22)26-3)10-15(11)28(23,24)21-18-20-19-16(27-18)12-6-8-14(25-2)9-7-12/h4-10H,1-3H3,(H,20,21). The van der Waals surface area contributed by atoms with Crippen LogP contribution >= 0.6 is 11.3 Å². The van der Waals surface area contributed by atoms with Crippen LogP contribution in [0.3, 0.4) is 0 Å². The van der Waals surface area contributed by atoms with E-state index >= 15 is 0 Å². The summed E-state index contributed by atoms with van der Waals surface area (Å²) < 4.78 is 37.7. The predicted octanol–water partition coefficient (Wildman–Crippen LogP) is 3.11. The minimum Gasteiger partial charge on any atom is -0.497 e. The van der Waals surface area contributed by atoms with Gasteiger partial charge in [0.05, 0.1) is 24.7 Å². The molecule has 0 saturated carbocycles. The minimum absolute atomic E-state index is 0.0309. The number of ether oxygens (including phenoxy) is 2. The van der Waals surface area contributed by atoms with Gasteiger partial charge in [-0.05, 0) is 48.9 Å². The average Bonchev–Trinajstić information content (AvgIpc) is 3.15. The molecule has 0 aliphatic carbocycles. The van der Waals surface area contributed by atoms with E-state index in [0.29, 0.717) is 16.3 Å². The van der Waals surface area contributed by atoms with Gasteiger partial charge in [-0.3, -0.25) is 4.72 Å². The second-order valence-electron chi connectivity index (χ2n) is 5.72. The maximum absolute atomic E-state index is 12.8. The van der Waals surface area contributed by atoms with E-state index in [1.165, 1.54) is 19.2 Å². The molecule has 0 spiro atoms. The molecule has 0 atom stereocenters. The maximum Gasteiger partial charge on any atom is 0.337 e. The largest absolute Gasteiger partial charge is 0.497 e. The Kier molecular flexibility index (Phi) is 5.61. The summed E-state index contributed by atoms with van der Waals surface area (Å²) in [6.45, 7) is 1.64. The predicted molar refractivity (Wildman–Crippen MR) is 105 cm³/mol. The first-order chi connectivity index (χ1) is 13.3. The lowest BCUT2D eigenvalue weighted by Crippen LogP contribution is -2.15. The Bertz CT molecular complexity index is 1110. The molecule has 0 amide bonds. The molecular formula is C18H17N3O5S2. The van der Waals surface area contributed by atoms with E-state index in [9.17, 15) is 13.2 Å². The second kappa shape index (κ2) is 7.95. The van der Waals surface area contributed by atoms with Gasteiger partial charge in [0.25, 0.3) is 10.0 Å². The van der Waals surface area contributed by atoms with Gasteiger partial charge in [0.15, 0.2) is 0 Å². The molecule has 0 radical (unpaired) electrons. The molecule has 0 aliphatic heterocycles. The number of carbonyl (C=O) groups excluding carboxylic acids is 1. The summed E-state index contributed by atoms with van der Waals surface area (Å²) in [6, 6.07) is 11.5. The van der Waals surface area contributed by atoms with Gasteiger partial charge in [-0.25, -0.2) is 13.2 Å². The quantitative estimate of drug-likeness (QED) is 0.612. The fraction of sp³-hybridized carbons (Fsp3) is 0.167. The Labute approximate surface area is 166 Å². The third-order valence-corrected chi connectivity index (χ3v) is 6.38. The summed E-state index contributed by atoms with van der Waals surface area (Å²) in [5.41, 5.74) is 1.41. The highest BCUT2D eigenvalue weighted by Gasteiger charge is 2.21. The Morgan fingerprint density at radius 2 is 1.79 bits per heavy atom. The normalized spacial score (nSPS) is 11.1. The molecule has 0 fully saturated rings. The zero-order chi connectivity index (χ0) is 20.3. The minimum atomic E-state index is -3.96. The fourth-order valence-corrected chi connectivity index (χ4v) is 4.67. The number of rotatable bonds is 6. The van der Waals surface area contributed by atoms with Crippen molar-refractivity contribution in [3.8, 4) is 16.3 Å². The summed E-state index contributed by atoms with van der Waals surface area (Å²) in [6.07, 6.45) is 0. The van der Waals surface area contributed by atoms with Crippen LogP contribution in [-0.2, 0) is 14.8 Å². The molecular weight excluding hydrogens is 402 g/mol. The maximum atomic E-state index is 12.8. The number of nitrogens with one attached hydrogen (secondary N) is 1. The number of nitrogens with zero attached hydrogens (tertiary/aromatic N) is 2. The molecule has 0 unspecified atom stereocenters. The van der Waals surface area contributed by atoms with E-state index in [2.05, 4.69) is 19.7 Å². The van der Waals surface area contributed by atoms with E-state index in [1.807, 2.05) is 12.1 Å². The van der Waals surface area contributed by atoms with Crippen LogP contribution in [0.5, 0.6) is 5.75 Å². The first kappa shape index (κ1) is 19.8. The van der Waals surface area contributed by atoms with Crippen molar-refractivity contribution in [1.29, 1.82) is 0 Å². The van der Waals surface area contributed by atoms with E-state index in [1.54, 1.807) is 32.2 Å². The number of hydrogen-bond donors (Lipinski definition) is 1. The zero-order valence-electron chi connectivity index (χ0n) is 15.3. The molecule has 10 heteroatoms. The van der Waals surface area contributed by atoms with Crippen LogP contribution in [0, 0.1) is 6.92 Å². The lowest BCUT2D eigenvalue weighted by molar-refractivity contribution is 0.0600. The molecule has 1 aromatic heterocycles. The molecule has 0 bridgehead atoms. The molecule has 3 aromatic rings. The summed E-state index contributed by atoms with van der Waals surface area (Å²) in [5.74, 6) is 0.0873. The molecule has 146 valence electrons. The number of sulfonamides is 1. The SMILES string of the molecule is COC(=O)c1ccc(C)c(S(=O)(=O)Nc2nnc(-c3ccc(OC)cc3)s2)c1. The van der Waals surface area contributed by atoms with Gasteiger partial charge in [-0.2, -0.15) is 0 Å². The van der Waals surface area contributed by atoms with Crippen LogP contribution in [0.15, 0.2) is 47.4 Å². The molecule has 28 heavy (non-hydrogen) atoms. The van der Waals surface area contributed by atoms with Crippen LogP contribution in [0.25, 0.3) is 10.6 Å². The third-order valence-electron chi connectivity index (χ3n) is 3.88. The zero-order valence-corrected chi connectivity index (χ0v) is 16.9. The highest BCUT2D eigenvalue weighted by Crippen LogP contribution is 2.29. The van der Waals surface area contributed by atoms with Gasteiger partial charge in [0.2, 0.25) is 5.13 Å². The fourth-order valence-electron chi connectivity index (χ4n) is 2.42. The van der Waals surface area contributed by atoms with Crippen LogP contribution in [0.1, 0.15) is 15.9 Å². The summed E-state index contributed by atoms with van der Waals surface area (Å²) >= 11 is 1.10. The molecule has 1 N–H and O–H groups in total. The number of esters is 1. The first-order valence-corrected chi connectivity index (χ1v) is 10.3. The molecule has 1 heterocycles. The number of hydrogen-bond acceptors (Lipinski definition) is 8. The van der Waals surface area contributed by atoms with Gasteiger partial charge in [-0.15, -0.1) is 10.2 Å². The van der Waals surface area contributed by atoms with Gasteiger partial charge in [0, 0.05) is 5.56 Å². The summed E-state index contributed by atoms with van der Waals surface area (Å²) in [5, 5.41) is 8.61. The monoisotopic (exact) mass is 419 g/mol. The van der Waals surface area contributed by atoms with Crippen LogP contribution in [-0.4, -0.2) is 38.8 Å². The average molecular weight is 419 g/mol. The van der Waals surface area contributed by atoms with Crippen LogP contribution in [0.2, 0.25) is 0 Å². The Morgan fingerprint density at radius 1 is 1.07 bits per heavy atom. The lowest BCUT2D eigenvalue weighted by atomic mass is 10.1. The van der Waals surface area contributed by atoms with Gasteiger partial charge < -0.3 is 9.47 Å². The Balaban J connectivity index is 1.87. The molecule has 3 rings (SSSR count). The van der Waals surface area contributed by atoms with Crippen molar-refractivity contribution >= 4 is 32.5 Å². The van der Waals surface area contributed by atoms with Crippen LogP contribution in [0.4, 0.5) is 5.13 Å². The van der Waals surface area contributed by atoms with Crippen molar-refractivity contribution in [2.45, 2.75) is 11.8 Å². The topological polar surface area (TPSA) is 107 Å². The lowest BCUT2D eigenvalue weighted by Gasteiger charge is -2.09. The first-order valence-electron chi connectivity index (χ1n) is 8.04. The smallest absolute Gasteiger partial charge is 0.337 e. The van der Waals surface area contributed by atoms with Gasteiger partial charge >= 0.3 is 5.97 Å². The molecule has 0 saturated heterocycles. The van der Waals surface area contributed by atoms with Crippen LogP contribution < -0.4 is 9.46 Å². The third kappa shape index (κ3) is 4.12. The molecule has 8 nitrogen and oxygen atoms in total. The summed E-state index contributed by atoms with van der Waals surface area (Å²) in [7, 11) is -1.15. The van der Waals surface area contributed by atoms with Crippen molar-refractivity contribution in [1.82, 2.24) is 10.2 Å². The van der Waals surface area contributed by atoms with Crippen molar-refractivity contribution in [3.05, 3.63) is 53.6 Å². The number of carbonyl (C=O) groups is 1. The number of benzene rings is 2. The van der Waals surface area contributed by atoms with Gasteiger partial charge in [-0.1, -0.05) is 17.4 Å². The second-order valence-corrected chi connectivity index (χ2v) is 8.35. The van der Waals surface area contributed by atoms with Crippen molar-refractivity contribution in [2.75, 3.05) is 18.9 Å².